The van der Waals surface area contributed by atoms with Crippen LogP contribution in [0.25, 0.3) is 0 Å². The molecule has 3 aromatic rings. The van der Waals surface area contributed by atoms with Crippen LogP contribution in [0.3, 0.4) is 0 Å². The molecule has 6 unspecified atom stereocenters. The van der Waals surface area contributed by atoms with Gasteiger partial charge in [-0.15, -0.1) is 11.8 Å². The number of hydrogen-bond acceptors (Lipinski definition) is 7. The van der Waals surface area contributed by atoms with Gasteiger partial charge in [-0.2, -0.15) is 0 Å². The molecule has 4 amide bonds. The van der Waals surface area contributed by atoms with Crippen LogP contribution < -0.4 is 15.5 Å². The standard InChI is InChI=1S/C43H50N4O6S/c1-53-43(52)37-21-13-22-38-47(37)42(51)36(25-27-54-38)45-40(49)33(29-31-16-7-3-8-17-31)24-23-32(28-30-14-5-2-6-15-30)39(48)44-35-20-11-12-26-46(41(35)50)34-18-9-4-10-19-34/h2-12,14-19,32-33,35-38H,13,20-29H2,1H3,(H,44,48)(H,45,49). The summed E-state index contributed by atoms with van der Waals surface area (Å²) in [4.78, 5) is 72.4. The average molecular weight is 751 g/mol. The minimum atomic E-state index is -0.774. The number of anilines is 1. The van der Waals surface area contributed by atoms with Gasteiger partial charge in [-0.3, -0.25) is 19.2 Å². The largest absolute Gasteiger partial charge is 0.467 e. The Morgan fingerprint density at radius 1 is 0.741 bits per heavy atom. The number of nitrogens with one attached hydrogen (secondary N) is 2. The minimum Gasteiger partial charge on any atom is -0.467 e. The number of ether oxygens (including phenoxy) is 1. The van der Waals surface area contributed by atoms with Gasteiger partial charge in [0.1, 0.15) is 18.1 Å². The number of carbonyl (C=O) groups excluding carboxylic acids is 5. The van der Waals surface area contributed by atoms with Crippen molar-refractivity contribution in [3.8, 4) is 0 Å². The van der Waals surface area contributed by atoms with Crippen LogP contribution in [-0.2, 0) is 41.6 Å². The first kappa shape index (κ1) is 38.8. The van der Waals surface area contributed by atoms with Crippen molar-refractivity contribution in [3.05, 3.63) is 114 Å². The highest BCUT2D eigenvalue weighted by atomic mass is 32.2. The summed E-state index contributed by atoms with van der Waals surface area (Å²) in [7, 11) is 1.34. The van der Waals surface area contributed by atoms with Crippen molar-refractivity contribution in [3.63, 3.8) is 0 Å². The summed E-state index contributed by atoms with van der Waals surface area (Å²) in [6, 6.07) is 26.8. The molecule has 3 aromatic carbocycles. The zero-order valence-corrected chi connectivity index (χ0v) is 31.6. The number of piperidine rings is 1. The molecule has 11 heteroatoms. The molecule has 0 spiro atoms. The fourth-order valence-electron chi connectivity index (χ4n) is 7.73. The number of rotatable bonds is 13. The van der Waals surface area contributed by atoms with Gasteiger partial charge in [0.2, 0.25) is 23.6 Å². The number of amides is 4. The molecular weight excluding hydrogens is 701 g/mol. The third-order valence-electron chi connectivity index (χ3n) is 10.7. The Morgan fingerprint density at radius 3 is 1.91 bits per heavy atom. The predicted molar refractivity (Wildman–Crippen MR) is 210 cm³/mol. The molecule has 6 rings (SSSR count). The molecule has 3 aliphatic heterocycles. The Balaban J connectivity index is 1.20. The van der Waals surface area contributed by atoms with Gasteiger partial charge >= 0.3 is 5.97 Å². The number of para-hydroxylation sites is 1. The quantitative estimate of drug-likeness (QED) is 0.176. The van der Waals surface area contributed by atoms with Crippen LogP contribution in [0.4, 0.5) is 5.69 Å². The van der Waals surface area contributed by atoms with Crippen molar-refractivity contribution in [2.45, 2.75) is 81.3 Å². The lowest BCUT2D eigenvalue weighted by Gasteiger charge is -2.40. The molecule has 0 aromatic heterocycles. The van der Waals surface area contributed by atoms with Gasteiger partial charge in [-0.25, -0.2) is 4.79 Å². The van der Waals surface area contributed by atoms with E-state index in [-0.39, 0.29) is 29.0 Å². The molecule has 54 heavy (non-hydrogen) atoms. The van der Waals surface area contributed by atoms with Gasteiger partial charge in [0.05, 0.1) is 12.5 Å². The van der Waals surface area contributed by atoms with Crippen molar-refractivity contribution in [2.75, 3.05) is 24.3 Å². The molecule has 2 N–H and O–H groups in total. The first-order valence-electron chi connectivity index (χ1n) is 19.0. The number of benzene rings is 3. The van der Waals surface area contributed by atoms with Crippen molar-refractivity contribution in [2.24, 2.45) is 11.8 Å². The van der Waals surface area contributed by atoms with Crippen LogP contribution in [-0.4, -0.2) is 77.4 Å². The molecule has 2 fully saturated rings. The fourth-order valence-corrected chi connectivity index (χ4v) is 9.12. The maximum absolute atomic E-state index is 14.3. The van der Waals surface area contributed by atoms with E-state index in [2.05, 4.69) is 10.6 Å². The lowest BCUT2D eigenvalue weighted by atomic mass is 9.86. The van der Waals surface area contributed by atoms with Gasteiger partial charge in [-0.1, -0.05) is 91.0 Å². The van der Waals surface area contributed by atoms with Crippen LogP contribution in [0, 0.1) is 11.8 Å². The van der Waals surface area contributed by atoms with Gasteiger partial charge < -0.3 is 25.2 Å². The highest BCUT2D eigenvalue weighted by molar-refractivity contribution is 7.99. The Morgan fingerprint density at radius 2 is 1.31 bits per heavy atom. The lowest BCUT2D eigenvalue weighted by molar-refractivity contribution is -0.156. The number of carbonyl (C=O) groups is 5. The zero-order chi connectivity index (χ0) is 37.9. The van der Waals surface area contributed by atoms with Crippen molar-refractivity contribution >= 4 is 47.0 Å². The number of methoxy groups -OCH3 is 1. The van der Waals surface area contributed by atoms with E-state index in [0.29, 0.717) is 57.2 Å². The van der Waals surface area contributed by atoms with E-state index >= 15 is 0 Å². The Hall–Kier alpha value is -4.90. The van der Waals surface area contributed by atoms with E-state index in [9.17, 15) is 24.0 Å². The molecule has 3 aliphatic rings. The number of esters is 1. The van der Waals surface area contributed by atoms with Gasteiger partial charge in [0.25, 0.3) is 0 Å². The van der Waals surface area contributed by atoms with Crippen LogP contribution in [0.15, 0.2) is 103 Å². The molecule has 6 atom stereocenters. The second kappa shape index (κ2) is 18.9. The maximum Gasteiger partial charge on any atom is 0.328 e. The maximum atomic E-state index is 14.3. The molecule has 10 nitrogen and oxygen atoms in total. The van der Waals surface area contributed by atoms with Crippen LogP contribution in [0.1, 0.15) is 56.1 Å². The summed E-state index contributed by atoms with van der Waals surface area (Å²) in [6.07, 6.45) is 8.51. The highest BCUT2D eigenvalue weighted by Crippen LogP contribution is 2.35. The van der Waals surface area contributed by atoms with Crippen LogP contribution >= 0.6 is 11.8 Å². The lowest BCUT2D eigenvalue weighted by Crippen LogP contribution is -2.57. The van der Waals surface area contributed by atoms with E-state index in [1.807, 2.05) is 103 Å². The number of fused-ring (bicyclic) bond motifs is 1. The van der Waals surface area contributed by atoms with Gasteiger partial charge in [-0.05, 0) is 86.8 Å². The van der Waals surface area contributed by atoms with Crippen molar-refractivity contribution in [1.29, 1.82) is 0 Å². The molecule has 3 heterocycles. The van der Waals surface area contributed by atoms with E-state index in [0.717, 1.165) is 29.7 Å². The van der Waals surface area contributed by atoms with E-state index in [1.165, 1.54) is 7.11 Å². The van der Waals surface area contributed by atoms with Crippen LogP contribution in [0.5, 0.6) is 0 Å². The zero-order valence-electron chi connectivity index (χ0n) is 30.8. The summed E-state index contributed by atoms with van der Waals surface area (Å²) in [6.45, 7) is 0.420. The van der Waals surface area contributed by atoms with E-state index in [4.69, 9.17) is 4.74 Å². The summed E-state index contributed by atoms with van der Waals surface area (Å²) in [5.41, 5.74) is 2.73. The smallest absolute Gasteiger partial charge is 0.328 e. The van der Waals surface area contributed by atoms with Crippen LogP contribution in [0.2, 0.25) is 0 Å². The number of thioether (sulfide) groups is 1. The SMILES string of the molecule is COC(=O)C1CCCC2SCCC(NC(=O)C(CCC(Cc3ccccc3)C(=O)NC3CC=CCN(c4ccccc4)C3=O)Cc3ccccc3)C(=O)N21. The molecular formula is C43H50N4O6S. The molecule has 0 radical (unpaired) electrons. The Bertz CT molecular complexity index is 1770. The van der Waals surface area contributed by atoms with Gasteiger partial charge in [0, 0.05) is 24.1 Å². The molecule has 0 saturated carbocycles. The highest BCUT2D eigenvalue weighted by Gasteiger charge is 2.44. The topological polar surface area (TPSA) is 125 Å². The summed E-state index contributed by atoms with van der Waals surface area (Å²) < 4.78 is 5.06. The predicted octanol–water partition coefficient (Wildman–Crippen LogP) is 5.46. The normalized spacial score (nSPS) is 22.6. The van der Waals surface area contributed by atoms with E-state index < -0.39 is 35.9 Å². The first-order chi connectivity index (χ1) is 26.3. The second-order valence-corrected chi connectivity index (χ2v) is 15.6. The monoisotopic (exact) mass is 750 g/mol. The summed E-state index contributed by atoms with van der Waals surface area (Å²) in [5, 5.41) is 6.04. The van der Waals surface area contributed by atoms with Crippen molar-refractivity contribution in [1.82, 2.24) is 15.5 Å². The fraction of sp³-hybridized carbons (Fsp3) is 0.419. The Labute approximate surface area is 322 Å². The van der Waals surface area contributed by atoms with E-state index in [1.54, 1.807) is 21.6 Å². The number of hydrogen-bond donors (Lipinski definition) is 2. The molecule has 2 saturated heterocycles. The summed E-state index contributed by atoms with van der Waals surface area (Å²) >= 11 is 1.65. The molecule has 0 aliphatic carbocycles. The average Bonchev–Trinajstić information content (AvgIpc) is 3.48. The Kier molecular flexibility index (Phi) is 13.6. The molecule has 0 bridgehead atoms. The summed E-state index contributed by atoms with van der Waals surface area (Å²) in [5.74, 6) is -1.73. The third kappa shape index (κ3) is 9.79. The molecule has 284 valence electrons. The minimum absolute atomic E-state index is 0.134. The third-order valence-corrected chi connectivity index (χ3v) is 12.0. The van der Waals surface area contributed by atoms with Crippen molar-refractivity contribution < 1.29 is 28.7 Å². The first-order valence-corrected chi connectivity index (χ1v) is 20.1. The second-order valence-electron chi connectivity index (χ2n) is 14.3. The van der Waals surface area contributed by atoms with Gasteiger partial charge in [0.15, 0.2) is 0 Å². The number of nitrogens with zero attached hydrogens (tertiary/aromatic N) is 2.